The molecule has 1 amide bonds. The minimum Gasteiger partial charge on any atom is -0.384 e. The summed E-state index contributed by atoms with van der Waals surface area (Å²) in [5, 5.41) is 6.11. The maximum Gasteiger partial charge on any atom is 0.251 e. The second kappa shape index (κ2) is 6.52. The van der Waals surface area contributed by atoms with Crippen molar-refractivity contribution in [1.29, 1.82) is 0 Å². The van der Waals surface area contributed by atoms with Gasteiger partial charge in [-0.05, 0) is 54.3 Å². The highest BCUT2D eigenvalue weighted by molar-refractivity contribution is 5.98. The van der Waals surface area contributed by atoms with Crippen LogP contribution in [0.1, 0.15) is 22.8 Å². The third-order valence-corrected chi connectivity index (χ3v) is 4.63. The van der Waals surface area contributed by atoms with E-state index >= 15 is 0 Å². The Kier molecular flexibility index (Phi) is 4.05. The van der Waals surface area contributed by atoms with Crippen molar-refractivity contribution < 1.29 is 4.79 Å². The van der Waals surface area contributed by atoms with Crippen molar-refractivity contribution in [3.63, 3.8) is 0 Å². The zero-order chi connectivity index (χ0) is 18.1. The van der Waals surface area contributed by atoms with Crippen LogP contribution >= 0.6 is 0 Å². The van der Waals surface area contributed by atoms with E-state index in [1.165, 1.54) is 0 Å². The number of anilines is 1. The molecule has 0 unspecified atom stereocenters. The van der Waals surface area contributed by atoms with E-state index in [-0.39, 0.29) is 5.91 Å². The maximum atomic E-state index is 12.5. The number of rotatable bonds is 4. The van der Waals surface area contributed by atoms with Gasteiger partial charge in [0.1, 0.15) is 5.82 Å². The number of amides is 1. The summed E-state index contributed by atoms with van der Waals surface area (Å²) in [7, 11) is 0. The minimum atomic E-state index is -0.0783. The lowest BCUT2D eigenvalue weighted by atomic mass is 10.1. The Morgan fingerprint density at radius 2 is 1.96 bits per heavy atom. The SMILES string of the molecule is CCn1ccc2cc(C(=O)NCc3ccc4cnc(N)cc4c3)ccc21. The average Bonchev–Trinajstić information content (AvgIpc) is 3.08. The van der Waals surface area contributed by atoms with Gasteiger partial charge in [-0.15, -0.1) is 0 Å². The highest BCUT2D eigenvalue weighted by Crippen LogP contribution is 2.19. The molecule has 5 heteroatoms. The predicted molar refractivity (Wildman–Crippen MR) is 105 cm³/mol. The lowest BCUT2D eigenvalue weighted by Gasteiger charge is -2.08. The molecular weight excluding hydrogens is 324 g/mol. The van der Waals surface area contributed by atoms with E-state index in [1.807, 2.05) is 54.7 Å². The molecule has 26 heavy (non-hydrogen) atoms. The molecule has 3 N–H and O–H groups in total. The van der Waals surface area contributed by atoms with Gasteiger partial charge in [-0.25, -0.2) is 4.98 Å². The molecule has 0 fully saturated rings. The molecule has 4 rings (SSSR count). The largest absolute Gasteiger partial charge is 0.384 e. The monoisotopic (exact) mass is 344 g/mol. The maximum absolute atomic E-state index is 12.5. The number of hydrogen-bond acceptors (Lipinski definition) is 3. The predicted octanol–water partition coefficient (Wildman–Crippen LogP) is 3.72. The Morgan fingerprint density at radius 3 is 2.81 bits per heavy atom. The third-order valence-electron chi connectivity index (χ3n) is 4.63. The number of nitrogens with zero attached hydrogens (tertiary/aromatic N) is 2. The van der Waals surface area contributed by atoms with Crippen molar-refractivity contribution in [2.75, 3.05) is 5.73 Å². The quantitative estimate of drug-likeness (QED) is 0.592. The molecule has 130 valence electrons. The average molecular weight is 344 g/mol. The Morgan fingerprint density at radius 1 is 1.08 bits per heavy atom. The lowest BCUT2D eigenvalue weighted by Crippen LogP contribution is -2.22. The smallest absolute Gasteiger partial charge is 0.251 e. The van der Waals surface area contributed by atoms with Crippen LogP contribution in [0.3, 0.4) is 0 Å². The summed E-state index contributed by atoms with van der Waals surface area (Å²) in [6.07, 6.45) is 3.80. The van der Waals surface area contributed by atoms with Crippen LogP contribution in [0.5, 0.6) is 0 Å². The number of nitrogens with two attached hydrogens (primary N) is 1. The van der Waals surface area contributed by atoms with Gasteiger partial charge in [0, 0.05) is 47.3 Å². The van der Waals surface area contributed by atoms with Crippen molar-refractivity contribution in [2.24, 2.45) is 0 Å². The first-order valence-electron chi connectivity index (χ1n) is 8.65. The fraction of sp³-hybridized carbons (Fsp3) is 0.143. The van der Waals surface area contributed by atoms with Crippen LogP contribution in [0.4, 0.5) is 5.82 Å². The van der Waals surface area contributed by atoms with Crippen LogP contribution in [0.25, 0.3) is 21.7 Å². The molecule has 0 saturated heterocycles. The number of aromatic nitrogens is 2. The van der Waals surface area contributed by atoms with E-state index in [4.69, 9.17) is 5.73 Å². The van der Waals surface area contributed by atoms with Gasteiger partial charge in [0.2, 0.25) is 0 Å². The van der Waals surface area contributed by atoms with Gasteiger partial charge in [0.25, 0.3) is 5.91 Å². The molecular formula is C21H20N4O. The number of pyridine rings is 1. The van der Waals surface area contributed by atoms with Gasteiger partial charge < -0.3 is 15.6 Å². The summed E-state index contributed by atoms with van der Waals surface area (Å²) in [6.45, 7) is 3.48. The number of nitrogens with one attached hydrogen (secondary N) is 1. The topological polar surface area (TPSA) is 72.9 Å². The van der Waals surface area contributed by atoms with Gasteiger partial charge in [0.05, 0.1) is 0 Å². The summed E-state index contributed by atoms with van der Waals surface area (Å²) < 4.78 is 2.16. The Labute approximate surface area is 151 Å². The first-order chi connectivity index (χ1) is 12.6. The van der Waals surface area contributed by atoms with E-state index in [2.05, 4.69) is 21.8 Å². The van der Waals surface area contributed by atoms with Crippen LogP contribution in [0.15, 0.2) is 60.9 Å². The van der Waals surface area contributed by atoms with Gasteiger partial charge >= 0.3 is 0 Å². The molecule has 2 aromatic heterocycles. The van der Waals surface area contributed by atoms with Gasteiger partial charge in [-0.2, -0.15) is 0 Å². The number of nitrogen functional groups attached to an aromatic ring is 1. The molecule has 0 aliphatic carbocycles. The number of fused-ring (bicyclic) bond motifs is 2. The third kappa shape index (κ3) is 2.99. The van der Waals surface area contributed by atoms with E-state index in [0.717, 1.165) is 33.8 Å². The van der Waals surface area contributed by atoms with E-state index in [1.54, 1.807) is 6.20 Å². The fourth-order valence-electron chi connectivity index (χ4n) is 3.22. The second-order valence-electron chi connectivity index (χ2n) is 6.35. The summed E-state index contributed by atoms with van der Waals surface area (Å²) >= 11 is 0. The van der Waals surface area contributed by atoms with E-state index < -0.39 is 0 Å². The van der Waals surface area contributed by atoms with Gasteiger partial charge in [-0.3, -0.25) is 4.79 Å². The number of carbonyl (C=O) groups excluding carboxylic acids is 1. The molecule has 5 nitrogen and oxygen atoms in total. The Hall–Kier alpha value is -3.34. The molecule has 2 aromatic carbocycles. The van der Waals surface area contributed by atoms with Crippen molar-refractivity contribution in [1.82, 2.24) is 14.9 Å². The molecule has 0 aliphatic rings. The van der Waals surface area contributed by atoms with Crippen molar-refractivity contribution in [2.45, 2.75) is 20.0 Å². The number of hydrogen-bond donors (Lipinski definition) is 2. The van der Waals surface area contributed by atoms with E-state index in [0.29, 0.717) is 17.9 Å². The van der Waals surface area contributed by atoms with Crippen LogP contribution in [-0.4, -0.2) is 15.5 Å². The Bertz CT molecular complexity index is 1110. The van der Waals surface area contributed by atoms with Crippen LogP contribution < -0.4 is 11.1 Å². The molecule has 0 atom stereocenters. The standard InChI is InChI=1S/C21H20N4O/c1-2-25-8-7-15-10-16(5-6-19(15)25)21(26)24-12-14-3-4-17-13-23-20(22)11-18(17)9-14/h3-11,13H,2,12H2,1H3,(H2,22,23)(H,24,26). The lowest BCUT2D eigenvalue weighted by molar-refractivity contribution is 0.0951. The van der Waals surface area contributed by atoms with Gasteiger partial charge in [-0.1, -0.05) is 12.1 Å². The molecule has 0 saturated carbocycles. The molecule has 2 heterocycles. The molecule has 0 radical (unpaired) electrons. The summed E-state index contributed by atoms with van der Waals surface area (Å²) in [5.74, 6) is 0.413. The van der Waals surface area contributed by atoms with E-state index in [9.17, 15) is 4.79 Å². The van der Waals surface area contributed by atoms with Crippen LogP contribution in [0.2, 0.25) is 0 Å². The van der Waals surface area contributed by atoms with Crippen molar-refractivity contribution >= 4 is 33.4 Å². The number of aryl methyl sites for hydroxylation is 1. The van der Waals surface area contributed by atoms with Crippen LogP contribution in [0, 0.1) is 0 Å². The zero-order valence-electron chi connectivity index (χ0n) is 14.6. The summed E-state index contributed by atoms with van der Waals surface area (Å²) in [5.41, 5.74) is 8.58. The fourth-order valence-corrected chi connectivity index (χ4v) is 3.22. The minimum absolute atomic E-state index is 0.0783. The zero-order valence-corrected chi connectivity index (χ0v) is 14.6. The normalized spacial score (nSPS) is 11.1. The van der Waals surface area contributed by atoms with Crippen molar-refractivity contribution in [3.8, 4) is 0 Å². The summed E-state index contributed by atoms with van der Waals surface area (Å²) in [6, 6.07) is 15.7. The first kappa shape index (κ1) is 16.1. The van der Waals surface area contributed by atoms with Gasteiger partial charge in [0.15, 0.2) is 0 Å². The van der Waals surface area contributed by atoms with Crippen molar-refractivity contribution in [3.05, 3.63) is 72.1 Å². The second-order valence-corrected chi connectivity index (χ2v) is 6.35. The first-order valence-corrected chi connectivity index (χ1v) is 8.65. The molecule has 4 aromatic rings. The number of carbonyl (C=O) groups is 1. The Balaban J connectivity index is 1.51. The molecule has 0 spiro atoms. The molecule has 0 aliphatic heterocycles. The summed E-state index contributed by atoms with van der Waals surface area (Å²) in [4.78, 5) is 16.6. The highest BCUT2D eigenvalue weighted by atomic mass is 16.1. The highest BCUT2D eigenvalue weighted by Gasteiger charge is 2.08. The number of benzene rings is 2. The molecule has 0 bridgehead atoms. The van der Waals surface area contributed by atoms with Crippen LogP contribution in [-0.2, 0) is 13.1 Å².